The number of thiol groups is 1. The Balaban J connectivity index is 2.03. The van der Waals surface area contributed by atoms with Crippen LogP contribution in [0, 0.1) is 5.92 Å². The Labute approximate surface area is 64.6 Å². The fourth-order valence-corrected chi connectivity index (χ4v) is 1.33. The Bertz CT molecular complexity index is 110. The van der Waals surface area contributed by atoms with Gasteiger partial charge in [-0.3, -0.25) is 0 Å². The van der Waals surface area contributed by atoms with Gasteiger partial charge in [0.15, 0.2) is 0 Å². The van der Waals surface area contributed by atoms with E-state index in [-0.39, 0.29) is 18.8 Å². The highest BCUT2D eigenvalue weighted by atomic mass is 32.1. The van der Waals surface area contributed by atoms with E-state index in [1.807, 2.05) is 0 Å². The molecule has 1 rings (SSSR count). The molecular formula is C6H11F2NS. The van der Waals surface area contributed by atoms with Gasteiger partial charge in [-0.2, -0.15) is 12.6 Å². The van der Waals surface area contributed by atoms with Crippen LogP contribution >= 0.6 is 12.6 Å². The molecule has 0 atom stereocenters. The standard InChI is InChI=1S/C6H11F2NS/c7-6(8)1-5(2-6)3-9-4-10/h5,9-10H,1-4H2. The molecule has 0 aliphatic heterocycles. The third-order valence-corrected chi connectivity index (χ3v) is 1.94. The smallest absolute Gasteiger partial charge is 0.248 e. The first-order valence-corrected chi connectivity index (χ1v) is 3.97. The molecule has 0 aromatic carbocycles. The molecule has 0 spiro atoms. The van der Waals surface area contributed by atoms with Crippen molar-refractivity contribution in [3.8, 4) is 0 Å². The van der Waals surface area contributed by atoms with Crippen molar-refractivity contribution < 1.29 is 8.78 Å². The minimum atomic E-state index is -2.37. The maximum atomic E-state index is 12.2. The van der Waals surface area contributed by atoms with Crippen LogP contribution in [0.1, 0.15) is 12.8 Å². The van der Waals surface area contributed by atoms with Crippen LogP contribution in [-0.4, -0.2) is 18.3 Å². The third-order valence-electron chi connectivity index (χ3n) is 1.72. The maximum Gasteiger partial charge on any atom is 0.248 e. The van der Waals surface area contributed by atoms with Crippen LogP contribution in [0.4, 0.5) is 8.78 Å². The Morgan fingerprint density at radius 3 is 2.50 bits per heavy atom. The number of nitrogens with one attached hydrogen (secondary N) is 1. The molecule has 4 heteroatoms. The lowest BCUT2D eigenvalue weighted by Gasteiger charge is -2.34. The number of hydrogen-bond donors (Lipinski definition) is 2. The van der Waals surface area contributed by atoms with E-state index >= 15 is 0 Å². The number of halogens is 2. The summed E-state index contributed by atoms with van der Waals surface area (Å²) in [4.78, 5) is 0. The summed E-state index contributed by atoms with van der Waals surface area (Å²) in [6.45, 7) is 0.680. The van der Waals surface area contributed by atoms with Gasteiger partial charge in [0, 0.05) is 18.7 Å². The highest BCUT2D eigenvalue weighted by molar-refractivity contribution is 7.80. The lowest BCUT2D eigenvalue weighted by Crippen LogP contribution is -2.40. The van der Waals surface area contributed by atoms with Crippen molar-refractivity contribution in [2.75, 3.05) is 12.4 Å². The zero-order chi connectivity index (χ0) is 7.61. The minimum absolute atomic E-state index is 0.0494. The van der Waals surface area contributed by atoms with Gasteiger partial charge in [0.2, 0.25) is 5.92 Å². The molecule has 1 saturated carbocycles. The average Bonchev–Trinajstić information content (AvgIpc) is 1.78. The van der Waals surface area contributed by atoms with E-state index < -0.39 is 5.92 Å². The van der Waals surface area contributed by atoms with Crippen molar-refractivity contribution >= 4 is 12.6 Å². The van der Waals surface area contributed by atoms with Gasteiger partial charge < -0.3 is 5.32 Å². The molecule has 0 aromatic heterocycles. The third kappa shape index (κ3) is 2.09. The fourth-order valence-electron chi connectivity index (χ4n) is 1.20. The first-order valence-electron chi connectivity index (χ1n) is 3.33. The van der Waals surface area contributed by atoms with Crippen molar-refractivity contribution in [3.63, 3.8) is 0 Å². The Kier molecular flexibility index (Phi) is 2.52. The van der Waals surface area contributed by atoms with Crippen LogP contribution in [0.15, 0.2) is 0 Å². The molecule has 0 unspecified atom stereocenters. The SMILES string of the molecule is FC1(F)CC(CNCS)C1. The lowest BCUT2D eigenvalue weighted by molar-refractivity contribution is -0.108. The number of rotatable bonds is 3. The fraction of sp³-hybridized carbons (Fsp3) is 1.00. The van der Waals surface area contributed by atoms with Crippen molar-refractivity contribution in [3.05, 3.63) is 0 Å². The molecule has 0 aromatic rings. The van der Waals surface area contributed by atoms with Gasteiger partial charge in [-0.05, 0) is 12.5 Å². The zero-order valence-corrected chi connectivity index (χ0v) is 6.50. The van der Waals surface area contributed by atoms with Crippen LogP contribution in [0.5, 0.6) is 0 Å². The number of hydrogen-bond acceptors (Lipinski definition) is 2. The molecule has 0 heterocycles. The molecule has 1 aliphatic carbocycles. The predicted octanol–water partition coefficient (Wildman–Crippen LogP) is 1.51. The van der Waals surface area contributed by atoms with E-state index in [1.165, 1.54) is 0 Å². The molecule has 10 heavy (non-hydrogen) atoms. The maximum absolute atomic E-state index is 12.2. The van der Waals surface area contributed by atoms with E-state index in [9.17, 15) is 8.78 Å². The molecule has 0 bridgehead atoms. The second-order valence-corrected chi connectivity index (χ2v) is 3.06. The second kappa shape index (κ2) is 3.05. The number of alkyl halides is 2. The largest absolute Gasteiger partial charge is 0.308 e. The van der Waals surface area contributed by atoms with E-state index in [4.69, 9.17) is 0 Å². The Hall–Kier alpha value is 0.170. The van der Waals surface area contributed by atoms with Gasteiger partial charge in [0.05, 0.1) is 0 Å². The molecule has 1 N–H and O–H groups in total. The first kappa shape index (κ1) is 8.27. The normalized spacial score (nSPS) is 24.3. The zero-order valence-electron chi connectivity index (χ0n) is 5.61. The summed E-state index contributed by atoms with van der Waals surface area (Å²) >= 11 is 3.90. The van der Waals surface area contributed by atoms with Gasteiger partial charge in [-0.1, -0.05) is 0 Å². The summed E-state index contributed by atoms with van der Waals surface area (Å²) in [6, 6.07) is 0. The molecular weight excluding hydrogens is 156 g/mol. The molecule has 60 valence electrons. The summed E-state index contributed by atoms with van der Waals surface area (Å²) < 4.78 is 24.3. The van der Waals surface area contributed by atoms with E-state index in [2.05, 4.69) is 17.9 Å². The second-order valence-electron chi connectivity index (χ2n) is 2.74. The van der Waals surface area contributed by atoms with Gasteiger partial charge in [0.1, 0.15) is 0 Å². The topological polar surface area (TPSA) is 12.0 Å². The van der Waals surface area contributed by atoms with Crippen molar-refractivity contribution in [2.24, 2.45) is 5.92 Å². The van der Waals surface area contributed by atoms with E-state index in [0.717, 1.165) is 0 Å². The molecule has 1 aliphatic rings. The summed E-state index contributed by atoms with van der Waals surface area (Å²) in [5.74, 6) is -1.63. The molecule has 1 fully saturated rings. The first-order chi connectivity index (χ1) is 4.64. The Morgan fingerprint density at radius 2 is 2.10 bits per heavy atom. The molecule has 1 nitrogen and oxygen atoms in total. The highest BCUT2D eigenvalue weighted by Crippen LogP contribution is 2.41. The minimum Gasteiger partial charge on any atom is -0.308 e. The Morgan fingerprint density at radius 1 is 1.50 bits per heavy atom. The van der Waals surface area contributed by atoms with Gasteiger partial charge in [-0.25, -0.2) is 8.78 Å². The van der Waals surface area contributed by atoms with Crippen LogP contribution < -0.4 is 5.32 Å². The molecule has 0 amide bonds. The van der Waals surface area contributed by atoms with Crippen LogP contribution in [0.2, 0.25) is 0 Å². The van der Waals surface area contributed by atoms with Crippen LogP contribution in [-0.2, 0) is 0 Å². The summed E-state index contributed by atoms with van der Waals surface area (Å²) in [6.07, 6.45) is 0.0988. The van der Waals surface area contributed by atoms with Gasteiger partial charge in [-0.15, -0.1) is 0 Å². The molecule has 0 radical (unpaired) electrons. The van der Waals surface area contributed by atoms with Crippen LogP contribution in [0.25, 0.3) is 0 Å². The van der Waals surface area contributed by atoms with Crippen LogP contribution in [0.3, 0.4) is 0 Å². The summed E-state index contributed by atoms with van der Waals surface area (Å²) in [5, 5.41) is 2.92. The predicted molar refractivity (Wildman–Crippen MR) is 39.5 cm³/mol. The molecule has 0 saturated heterocycles. The summed E-state index contributed by atoms with van der Waals surface area (Å²) in [7, 11) is 0. The monoisotopic (exact) mass is 167 g/mol. The van der Waals surface area contributed by atoms with Gasteiger partial charge in [0.25, 0.3) is 0 Å². The highest BCUT2D eigenvalue weighted by Gasteiger charge is 2.44. The lowest BCUT2D eigenvalue weighted by atomic mass is 9.81. The van der Waals surface area contributed by atoms with Crippen molar-refractivity contribution in [1.29, 1.82) is 0 Å². The van der Waals surface area contributed by atoms with Gasteiger partial charge >= 0.3 is 0 Å². The van der Waals surface area contributed by atoms with E-state index in [0.29, 0.717) is 12.4 Å². The van der Waals surface area contributed by atoms with Crippen molar-refractivity contribution in [2.45, 2.75) is 18.8 Å². The summed E-state index contributed by atoms with van der Waals surface area (Å²) in [5.41, 5.74) is 0. The quantitative estimate of drug-likeness (QED) is 0.479. The van der Waals surface area contributed by atoms with E-state index in [1.54, 1.807) is 0 Å². The van der Waals surface area contributed by atoms with Crippen molar-refractivity contribution in [1.82, 2.24) is 5.32 Å². The average molecular weight is 167 g/mol.